The van der Waals surface area contributed by atoms with Gasteiger partial charge in [-0.25, -0.2) is 4.98 Å². The number of fused-ring (bicyclic) bond motifs is 2. The number of hydrogen-bond acceptors (Lipinski definition) is 4. The van der Waals surface area contributed by atoms with E-state index in [9.17, 15) is 5.26 Å². The fraction of sp³-hybridized carbons (Fsp3) is 0.355. The Bertz CT molecular complexity index is 1490. The van der Waals surface area contributed by atoms with Gasteiger partial charge in [0.2, 0.25) is 0 Å². The lowest BCUT2D eigenvalue weighted by Gasteiger charge is -2.33. The van der Waals surface area contributed by atoms with Crippen molar-refractivity contribution >= 4 is 10.9 Å². The van der Waals surface area contributed by atoms with Gasteiger partial charge in [0.15, 0.2) is 11.5 Å². The predicted molar refractivity (Wildman–Crippen MR) is 143 cm³/mol. The number of ether oxygens (including phenoxy) is 2. The summed E-state index contributed by atoms with van der Waals surface area (Å²) < 4.78 is 11.9. The molecule has 2 aromatic heterocycles. The van der Waals surface area contributed by atoms with Gasteiger partial charge in [-0.2, -0.15) is 5.26 Å². The van der Waals surface area contributed by atoms with E-state index < -0.39 is 5.41 Å². The smallest absolute Gasteiger partial charge is 0.165 e. The standard InChI is InChI=1S/C31H33N3O2/c1-19(2)25-13-12-22(26(18-32)34-25)31(5,6)23-11-10-21(20-14-15-33-28(20)23)30(3,4)24-8-7-9-27-29(24)36-17-16-35-27/h7-15,19,33H,16-17H2,1-6H3. The van der Waals surface area contributed by atoms with Crippen molar-refractivity contribution in [1.29, 1.82) is 5.26 Å². The molecule has 0 aliphatic carbocycles. The van der Waals surface area contributed by atoms with Crippen molar-refractivity contribution in [3.05, 3.63) is 88.4 Å². The molecule has 1 aliphatic rings. The Morgan fingerprint density at radius 1 is 0.861 bits per heavy atom. The van der Waals surface area contributed by atoms with Gasteiger partial charge >= 0.3 is 0 Å². The van der Waals surface area contributed by atoms with Gasteiger partial charge < -0.3 is 14.5 Å². The van der Waals surface area contributed by atoms with Gasteiger partial charge in [-0.05, 0) is 40.8 Å². The molecule has 1 aliphatic heterocycles. The molecule has 0 amide bonds. The third kappa shape index (κ3) is 3.73. The molecule has 0 bridgehead atoms. The number of aromatic amines is 1. The second-order valence-electron chi connectivity index (χ2n) is 10.9. The summed E-state index contributed by atoms with van der Waals surface area (Å²) in [5, 5.41) is 11.1. The van der Waals surface area contributed by atoms with Crippen LogP contribution < -0.4 is 9.47 Å². The van der Waals surface area contributed by atoms with Crippen LogP contribution in [0.2, 0.25) is 0 Å². The Hall–Kier alpha value is -3.78. The van der Waals surface area contributed by atoms with Gasteiger partial charge in [0.05, 0.1) is 0 Å². The Labute approximate surface area is 213 Å². The average molecular weight is 480 g/mol. The lowest BCUT2D eigenvalue weighted by Crippen LogP contribution is -2.25. The monoisotopic (exact) mass is 479 g/mol. The number of pyridine rings is 1. The second-order valence-corrected chi connectivity index (χ2v) is 10.9. The van der Waals surface area contributed by atoms with Gasteiger partial charge in [0.1, 0.15) is 25.0 Å². The number of nitrogens with zero attached hydrogens (tertiary/aromatic N) is 2. The van der Waals surface area contributed by atoms with E-state index in [-0.39, 0.29) is 11.3 Å². The van der Waals surface area contributed by atoms with Crippen LogP contribution in [0.1, 0.15) is 81.1 Å². The summed E-state index contributed by atoms with van der Waals surface area (Å²) in [6.45, 7) is 14.1. The summed E-state index contributed by atoms with van der Waals surface area (Å²) >= 11 is 0. The van der Waals surface area contributed by atoms with E-state index in [1.165, 1.54) is 5.56 Å². The van der Waals surface area contributed by atoms with Crippen LogP contribution in [0.4, 0.5) is 0 Å². The van der Waals surface area contributed by atoms with Crippen molar-refractivity contribution in [2.24, 2.45) is 0 Å². The molecule has 0 spiro atoms. The summed E-state index contributed by atoms with van der Waals surface area (Å²) in [7, 11) is 0. The zero-order valence-corrected chi connectivity index (χ0v) is 21.9. The molecule has 0 atom stereocenters. The van der Waals surface area contributed by atoms with Crippen LogP contribution in [-0.4, -0.2) is 23.2 Å². The van der Waals surface area contributed by atoms with Gasteiger partial charge in [-0.3, -0.25) is 0 Å². The number of H-pyrrole nitrogens is 1. The first-order valence-corrected chi connectivity index (χ1v) is 12.6. The number of aromatic nitrogens is 2. The number of hydrogen-bond donors (Lipinski definition) is 1. The molecular weight excluding hydrogens is 446 g/mol. The summed E-state index contributed by atoms with van der Waals surface area (Å²) in [6, 6.07) is 19.2. The number of para-hydroxylation sites is 1. The molecule has 5 rings (SSSR count). The Morgan fingerprint density at radius 3 is 2.31 bits per heavy atom. The summed E-state index contributed by atoms with van der Waals surface area (Å²) in [6.07, 6.45) is 2.00. The highest BCUT2D eigenvalue weighted by Crippen LogP contribution is 2.46. The third-order valence-electron chi connectivity index (χ3n) is 7.60. The summed E-state index contributed by atoms with van der Waals surface area (Å²) in [4.78, 5) is 8.19. The van der Waals surface area contributed by atoms with Crippen LogP contribution in [0.15, 0.2) is 54.7 Å². The quantitative estimate of drug-likeness (QED) is 0.335. The molecule has 0 fully saturated rings. The van der Waals surface area contributed by atoms with Crippen molar-refractivity contribution < 1.29 is 9.47 Å². The maximum absolute atomic E-state index is 9.94. The minimum absolute atomic E-state index is 0.268. The number of nitriles is 1. The minimum atomic E-state index is -0.428. The highest BCUT2D eigenvalue weighted by Gasteiger charge is 2.34. The van der Waals surface area contributed by atoms with Gasteiger partial charge in [0, 0.05) is 39.2 Å². The third-order valence-corrected chi connectivity index (χ3v) is 7.60. The van der Waals surface area contributed by atoms with E-state index in [0.29, 0.717) is 18.9 Å². The minimum Gasteiger partial charge on any atom is -0.486 e. The Kier molecular flexibility index (Phi) is 5.79. The van der Waals surface area contributed by atoms with Crippen LogP contribution in [0.5, 0.6) is 11.5 Å². The van der Waals surface area contributed by atoms with E-state index in [1.54, 1.807) is 0 Å². The molecule has 0 saturated heterocycles. The molecule has 0 saturated carbocycles. The molecule has 5 nitrogen and oxygen atoms in total. The fourth-order valence-electron chi connectivity index (χ4n) is 5.46. The van der Waals surface area contributed by atoms with Crippen LogP contribution >= 0.6 is 0 Å². The van der Waals surface area contributed by atoms with Crippen molar-refractivity contribution in [2.45, 2.75) is 58.3 Å². The molecule has 0 unspecified atom stereocenters. The van der Waals surface area contributed by atoms with Crippen LogP contribution in [-0.2, 0) is 10.8 Å². The molecule has 184 valence electrons. The first-order chi connectivity index (χ1) is 17.2. The van der Waals surface area contributed by atoms with Crippen LogP contribution in [0.3, 0.4) is 0 Å². The lowest BCUT2D eigenvalue weighted by atomic mass is 9.72. The zero-order valence-electron chi connectivity index (χ0n) is 21.9. The molecule has 36 heavy (non-hydrogen) atoms. The predicted octanol–water partition coefficient (Wildman–Crippen LogP) is 6.98. The number of rotatable bonds is 5. The van der Waals surface area contributed by atoms with Gasteiger partial charge in [-0.1, -0.05) is 71.9 Å². The summed E-state index contributed by atoms with van der Waals surface area (Å²) in [5.41, 5.74) is 6.12. The molecule has 1 N–H and O–H groups in total. The highest BCUT2D eigenvalue weighted by molar-refractivity contribution is 5.89. The van der Waals surface area contributed by atoms with Crippen molar-refractivity contribution in [2.75, 3.05) is 13.2 Å². The molecule has 5 heteroatoms. The van der Waals surface area contributed by atoms with Crippen molar-refractivity contribution in [3.8, 4) is 17.6 Å². The largest absolute Gasteiger partial charge is 0.486 e. The molecule has 4 aromatic rings. The summed E-state index contributed by atoms with van der Waals surface area (Å²) in [5.74, 6) is 1.90. The maximum atomic E-state index is 9.94. The van der Waals surface area contributed by atoms with E-state index in [4.69, 9.17) is 14.5 Å². The SMILES string of the molecule is CC(C)c1ccc(C(C)(C)c2ccc(C(C)(C)c3cccc4c3OCCO4)c3cc[nH]c23)c(C#N)n1. The normalized spacial score (nSPS) is 13.7. The van der Waals surface area contributed by atoms with Gasteiger partial charge in [-0.15, -0.1) is 0 Å². The molecule has 0 radical (unpaired) electrons. The zero-order chi connectivity index (χ0) is 25.7. The van der Waals surface area contributed by atoms with Crippen molar-refractivity contribution in [3.63, 3.8) is 0 Å². The van der Waals surface area contributed by atoms with Gasteiger partial charge in [0.25, 0.3) is 0 Å². The maximum Gasteiger partial charge on any atom is 0.165 e. The van der Waals surface area contributed by atoms with E-state index >= 15 is 0 Å². The molecular formula is C31H33N3O2. The van der Waals surface area contributed by atoms with Crippen molar-refractivity contribution in [1.82, 2.24) is 9.97 Å². The highest BCUT2D eigenvalue weighted by atomic mass is 16.6. The van der Waals surface area contributed by atoms with E-state index in [1.807, 2.05) is 24.4 Å². The average Bonchev–Trinajstić information content (AvgIpc) is 3.37. The Morgan fingerprint density at radius 2 is 1.56 bits per heavy atom. The number of benzene rings is 2. The van der Waals surface area contributed by atoms with Crippen LogP contribution in [0, 0.1) is 11.3 Å². The topological polar surface area (TPSA) is 70.9 Å². The lowest BCUT2D eigenvalue weighted by molar-refractivity contribution is 0.168. The van der Waals surface area contributed by atoms with E-state index in [2.05, 4.69) is 82.9 Å². The van der Waals surface area contributed by atoms with E-state index in [0.717, 1.165) is 44.8 Å². The molecule has 3 heterocycles. The Balaban J connectivity index is 1.65. The second kappa shape index (κ2) is 8.71. The fourth-order valence-corrected chi connectivity index (χ4v) is 5.46. The first-order valence-electron chi connectivity index (χ1n) is 12.6. The van der Waals surface area contributed by atoms with Crippen LogP contribution in [0.25, 0.3) is 10.9 Å². The first kappa shape index (κ1) is 23.9. The molecule has 2 aromatic carbocycles. The number of nitrogens with one attached hydrogen (secondary N) is 1.